The number of rotatable bonds is 2. The highest BCUT2D eigenvalue weighted by atomic mass is 15.6. The quantitative estimate of drug-likeness (QED) is 0.680. The van der Waals surface area contributed by atoms with Crippen LogP contribution >= 0.6 is 0 Å². The summed E-state index contributed by atoms with van der Waals surface area (Å²) < 4.78 is 0. The molecule has 7 nitrogen and oxygen atoms in total. The van der Waals surface area contributed by atoms with Crippen molar-refractivity contribution in [1.82, 2.24) is 25.6 Å². The number of piperidine rings is 1. The number of aromatic nitrogens is 4. The lowest BCUT2D eigenvalue weighted by molar-refractivity contribution is 0.224. The van der Waals surface area contributed by atoms with Crippen LogP contribution in [0.15, 0.2) is 10.3 Å². The second-order valence-corrected chi connectivity index (χ2v) is 2.92. The minimum Gasteiger partial charge on any atom is -0.278 e. The molecule has 1 fully saturated rings. The van der Waals surface area contributed by atoms with Gasteiger partial charge in [0.05, 0.1) is 0 Å². The van der Waals surface area contributed by atoms with E-state index in [1.54, 1.807) is 0 Å². The number of hydrogen-bond donors (Lipinski definition) is 1. The van der Waals surface area contributed by atoms with E-state index in [2.05, 4.69) is 31.0 Å². The molecule has 1 N–H and O–H groups in total. The van der Waals surface area contributed by atoms with Crippen molar-refractivity contribution in [2.75, 3.05) is 13.1 Å². The maximum absolute atomic E-state index is 4.00. The van der Waals surface area contributed by atoms with Gasteiger partial charge in [0.2, 0.25) is 0 Å². The summed E-state index contributed by atoms with van der Waals surface area (Å²) in [7, 11) is 0. The van der Waals surface area contributed by atoms with Gasteiger partial charge in [-0.2, -0.15) is 5.21 Å². The van der Waals surface area contributed by atoms with Crippen molar-refractivity contribution in [3.63, 3.8) is 0 Å². The summed E-state index contributed by atoms with van der Waals surface area (Å²) in [6.45, 7) is 1.95. The zero-order valence-corrected chi connectivity index (χ0v) is 7.22. The summed E-state index contributed by atoms with van der Waals surface area (Å²) in [5.74, 6) is 0.283. The second-order valence-electron chi connectivity index (χ2n) is 2.92. The lowest BCUT2D eigenvalue weighted by atomic mass is 10.2. The Morgan fingerprint density at radius 3 is 2.77 bits per heavy atom. The molecule has 0 spiro atoms. The molecule has 1 aromatic heterocycles. The van der Waals surface area contributed by atoms with Gasteiger partial charge < -0.3 is 0 Å². The Hall–Kier alpha value is -1.53. The Morgan fingerprint density at radius 2 is 2.08 bits per heavy atom. The van der Waals surface area contributed by atoms with E-state index < -0.39 is 0 Å². The van der Waals surface area contributed by atoms with Crippen LogP contribution in [0, 0.1) is 0 Å². The van der Waals surface area contributed by atoms with Crippen LogP contribution in [0.5, 0.6) is 0 Å². The van der Waals surface area contributed by atoms with Gasteiger partial charge in [-0.15, -0.1) is 5.10 Å². The SMILES string of the molecule is C1CCN(N=Nc2nn[nH]n2)CC1. The van der Waals surface area contributed by atoms with Gasteiger partial charge in [0, 0.05) is 13.1 Å². The lowest BCUT2D eigenvalue weighted by Gasteiger charge is -2.21. The van der Waals surface area contributed by atoms with Crippen molar-refractivity contribution in [3.05, 3.63) is 0 Å². The lowest BCUT2D eigenvalue weighted by Crippen LogP contribution is -2.23. The molecule has 1 aliphatic rings. The molecular formula is C6H11N7. The van der Waals surface area contributed by atoms with Crippen molar-refractivity contribution >= 4 is 5.95 Å². The van der Waals surface area contributed by atoms with Crippen molar-refractivity contribution < 1.29 is 0 Å². The van der Waals surface area contributed by atoms with Gasteiger partial charge in [0.1, 0.15) is 0 Å². The molecule has 0 amide bonds. The Kier molecular flexibility index (Phi) is 2.44. The standard InChI is InChI=1S/C6H11N7/c1-2-4-13(5-3-1)12-9-6-7-10-11-8-6/h1-5H2,(H,7,8,10,11). The van der Waals surface area contributed by atoms with Gasteiger partial charge in [-0.3, -0.25) is 5.01 Å². The minimum absolute atomic E-state index is 0.283. The molecule has 13 heavy (non-hydrogen) atoms. The van der Waals surface area contributed by atoms with Crippen molar-refractivity contribution in [1.29, 1.82) is 0 Å². The van der Waals surface area contributed by atoms with Crippen molar-refractivity contribution in [2.45, 2.75) is 19.3 Å². The summed E-state index contributed by atoms with van der Waals surface area (Å²) in [6, 6.07) is 0. The molecule has 0 atom stereocenters. The largest absolute Gasteiger partial charge is 0.309 e. The van der Waals surface area contributed by atoms with E-state index in [1.165, 1.54) is 19.3 Å². The smallest absolute Gasteiger partial charge is 0.278 e. The molecule has 2 heterocycles. The maximum atomic E-state index is 4.00. The zero-order chi connectivity index (χ0) is 8.93. The first-order valence-electron chi connectivity index (χ1n) is 4.35. The van der Waals surface area contributed by atoms with Crippen LogP contribution in [0.2, 0.25) is 0 Å². The predicted octanol–water partition coefficient (Wildman–Crippen LogP) is 0.684. The fourth-order valence-corrected chi connectivity index (χ4v) is 1.27. The van der Waals surface area contributed by atoms with Crippen LogP contribution in [-0.2, 0) is 0 Å². The first kappa shape index (κ1) is 8.09. The number of nitrogens with zero attached hydrogens (tertiary/aromatic N) is 6. The maximum Gasteiger partial charge on any atom is 0.309 e. The normalized spacial score (nSPS) is 18.3. The molecule has 0 saturated carbocycles. The van der Waals surface area contributed by atoms with Crippen molar-refractivity contribution in [2.24, 2.45) is 10.3 Å². The summed E-state index contributed by atoms with van der Waals surface area (Å²) in [4.78, 5) is 0. The molecule has 7 heteroatoms. The molecule has 1 saturated heterocycles. The number of nitrogens with one attached hydrogen (secondary N) is 1. The van der Waals surface area contributed by atoms with Gasteiger partial charge >= 0.3 is 5.95 Å². The molecule has 1 aromatic rings. The van der Waals surface area contributed by atoms with Crippen LogP contribution in [0.25, 0.3) is 0 Å². The van der Waals surface area contributed by atoms with E-state index in [0.717, 1.165) is 13.1 Å². The van der Waals surface area contributed by atoms with Crippen LogP contribution in [0.4, 0.5) is 5.95 Å². The van der Waals surface area contributed by atoms with Crippen LogP contribution in [-0.4, -0.2) is 38.7 Å². The molecule has 0 aromatic carbocycles. The van der Waals surface area contributed by atoms with Gasteiger partial charge in [-0.1, -0.05) is 15.4 Å². The van der Waals surface area contributed by atoms with Gasteiger partial charge in [0.15, 0.2) is 0 Å². The second kappa shape index (κ2) is 3.92. The molecular weight excluding hydrogens is 170 g/mol. The molecule has 1 aliphatic heterocycles. The Morgan fingerprint density at radius 1 is 1.23 bits per heavy atom. The van der Waals surface area contributed by atoms with E-state index in [9.17, 15) is 0 Å². The summed E-state index contributed by atoms with van der Waals surface area (Å²) in [6.07, 6.45) is 3.66. The highest BCUT2D eigenvalue weighted by molar-refractivity contribution is 5.03. The Labute approximate surface area is 75.2 Å². The van der Waals surface area contributed by atoms with E-state index in [0.29, 0.717) is 0 Å². The number of hydrogen-bond acceptors (Lipinski definition) is 5. The first-order valence-corrected chi connectivity index (χ1v) is 4.35. The summed E-state index contributed by atoms with van der Waals surface area (Å²) in [5.41, 5.74) is 0. The number of aromatic amines is 1. The fourth-order valence-electron chi connectivity index (χ4n) is 1.27. The summed E-state index contributed by atoms with van der Waals surface area (Å²) >= 11 is 0. The van der Waals surface area contributed by atoms with Crippen LogP contribution < -0.4 is 0 Å². The molecule has 0 unspecified atom stereocenters. The zero-order valence-electron chi connectivity index (χ0n) is 7.22. The van der Waals surface area contributed by atoms with Crippen LogP contribution in [0.1, 0.15) is 19.3 Å². The van der Waals surface area contributed by atoms with Crippen molar-refractivity contribution in [3.8, 4) is 0 Å². The molecule has 0 radical (unpaired) electrons. The average Bonchev–Trinajstić information content (AvgIpc) is 2.69. The highest BCUT2D eigenvalue weighted by Crippen LogP contribution is 2.10. The third-order valence-electron chi connectivity index (χ3n) is 1.93. The highest BCUT2D eigenvalue weighted by Gasteiger charge is 2.07. The predicted molar refractivity (Wildman–Crippen MR) is 44.1 cm³/mol. The first-order chi connectivity index (χ1) is 6.45. The third-order valence-corrected chi connectivity index (χ3v) is 1.93. The summed E-state index contributed by atoms with van der Waals surface area (Å²) in [5, 5.41) is 22.8. The van der Waals surface area contributed by atoms with E-state index in [-0.39, 0.29) is 5.95 Å². The number of H-pyrrole nitrogens is 1. The number of tetrazole rings is 1. The Balaban J connectivity index is 1.89. The Bertz CT molecular complexity index is 261. The molecule has 0 bridgehead atoms. The van der Waals surface area contributed by atoms with E-state index >= 15 is 0 Å². The molecule has 70 valence electrons. The molecule has 0 aliphatic carbocycles. The topological polar surface area (TPSA) is 82.4 Å². The minimum atomic E-state index is 0.283. The fraction of sp³-hybridized carbons (Fsp3) is 0.833. The average molecular weight is 181 g/mol. The van der Waals surface area contributed by atoms with E-state index in [4.69, 9.17) is 0 Å². The van der Waals surface area contributed by atoms with E-state index in [1.807, 2.05) is 5.01 Å². The third kappa shape index (κ3) is 2.20. The monoisotopic (exact) mass is 181 g/mol. The van der Waals surface area contributed by atoms with Gasteiger partial charge in [0.25, 0.3) is 0 Å². The van der Waals surface area contributed by atoms with Gasteiger partial charge in [-0.25, -0.2) is 0 Å². The van der Waals surface area contributed by atoms with Gasteiger partial charge in [-0.05, 0) is 24.5 Å². The molecule has 2 rings (SSSR count). The van der Waals surface area contributed by atoms with Crippen LogP contribution in [0.3, 0.4) is 0 Å².